The van der Waals surface area contributed by atoms with Crippen LogP contribution in [0.15, 0.2) is 18.3 Å². The van der Waals surface area contributed by atoms with E-state index in [0.717, 1.165) is 11.4 Å². The number of hydrogen-bond acceptors (Lipinski definition) is 2. The topological polar surface area (TPSA) is 24.9 Å². The van der Waals surface area contributed by atoms with Gasteiger partial charge in [-0.2, -0.15) is 0 Å². The molecule has 15 heavy (non-hydrogen) atoms. The molecular formula is C13H28N2. The van der Waals surface area contributed by atoms with Crippen molar-refractivity contribution in [3.63, 3.8) is 0 Å². The van der Waals surface area contributed by atoms with Gasteiger partial charge in [0.15, 0.2) is 0 Å². The van der Waals surface area contributed by atoms with Crippen LogP contribution in [-0.2, 0) is 0 Å². The Kier molecular flexibility index (Phi) is 24.3. The first-order chi connectivity index (χ1) is 7.33. The number of aromatic nitrogens is 1. The van der Waals surface area contributed by atoms with E-state index in [0.29, 0.717) is 0 Å². The average Bonchev–Trinajstić information content (AvgIpc) is 2.38. The number of nitrogens with one attached hydrogen (secondary N) is 1. The van der Waals surface area contributed by atoms with Crippen molar-refractivity contribution in [2.75, 3.05) is 12.4 Å². The Morgan fingerprint density at radius 2 is 1.40 bits per heavy atom. The minimum atomic E-state index is 1.05. The van der Waals surface area contributed by atoms with Gasteiger partial charge in [-0.1, -0.05) is 41.5 Å². The third kappa shape index (κ3) is 12.9. The quantitative estimate of drug-likeness (QED) is 0.741. The maximum atomic E-state index is 4.09. The van der Waals surface area contributed by atoms with E-state index in [-0.39, 0.29) is 0 Å². The van der Waals surface area contributed by atoms with Crippen molar-refractivity contribution in [1.82, 2.24) is 4.98 Å². The monoisotopic (exact) mass is 212 g/mol. The molecule has 1 rings (SSSR count). The Hall–Kier alpha value is -1.05. The molecule has 0 atom stereocenters. The predicted octanol–water partition coefficient (Wildman–Crippen LogP) is 4.51. The number of rotatable bonds is 1. The number of aryl methyl sites for hydroxylation is 1. The molecule has 0 aliphatic carbocycles. The molecule has 0 saturated heterocycles. The molecule has 0 saturated carbocycles. The summed E-state index contributed by atoms with van der Waals surface area (Å²) in [4.78, 5) is 4.09. The highest BCUT2D eigenvalue weighted by molar-refractivity contribution is 5.39. The van der Waals surface area contributed by atoms with Crippen molar-refractivity contribution in [1.29, 1.82) is 0 Å². The van der Waals surface area contributed by atoms with E-state index in [2.05, 4.69) is 10.3 Å². The van der Waals surface area contributed by atoms with Crippen molar-refractivity contribution in [3.8, 4) is 0 Å². The van der Waals surface area contributed by atoms with Gasteiger partial charge in [-0.3, -0.25) is 4.98 Å². The van der Waals surface area contributed by atoms with Crippen LogP contribution in [0, 0.1) is 6.92 Å². The highest BCUT2D eigenvalue weighted by Gasteiger charge is 1.85. The maximum Gasteiger partial charge on any atom is 0.0524 e. The second-order valence-electron chi connectivity index (χ2n) is 1.94. The van der Waals surface area contributed by atoms with Gasteiger partial charge in [0.2, 0.25) is 0 Å². The smallest absolute Gasteiger partial charge is 0.0524 e. The molecule has 0 unspecified atom stereocenters. The second kappa shape index (κ2) is 18.7. The molecule has 0 bridgehead atoms. The molecule has 90 valence electrons. The molecule has 0 radical (unpaired) electrons. The van der Waals surface area contributed by atoms with Crippen molar-refractivity contribution >= 4 is 5.69 Å². The van der Waals surface area contributed by atoms with Crippen molar-refractivity contribution in [2.24, 2.45) is 0 Å². The largest absolute Gasteiger partial charge is 0.387 e. The number of anilines is 1. The summed E-state index contributed by atoms with van der Waals surface area (Å²) in [6.45, 7) is 14.0. The van der Waals surface area contributed by atoms with Crippen LogP contribution in [0.2, 0.25) is 0 Å². The van der Waals surface area contributed by atoms with Crippen LogP contribution in [0.4, 0.5) is 5.69 Å². The highest BCUT2D eigenvalue weighted by atomic mass is 14.8. The van der Waals surface area contributed by atoms with Gasteiger partial charge < -0.3 is 5.32 Å². The first-order valence-corrected chi connectivity index (χ1v) is 5.93. The summed E-state index contributed by atoms with van der Waals surface area (Å²) in [6.07, 6.45) is 1.81. The van der Waals surface area contributed by atoms with E-state index in [1.54, 1.807) is 0 Å². The molecule has 0 spiro atoms. The molecule has 0 fully saturated rings. The van der Waals surface area contributed by atoms with E-state index >= 15 is 0 Å². The zero-order chi connectivity index (χ0) is 12.7. The highest BCUT2D eigenvalue weighted by Crippen LogP contribution is 2.02. The predicted molar refractivity (Wildman–Crippen MR) is 72.6 cm³/mol. The Bertz CT molecular complexity index is 180. The molecule has 2 heteroatoms. The van der Waals surface area contributed by atoms with Crippen molar-refractivity contribution in [2.45, 2.75) is 48.5 Å². The van der Waals surface area contributed by atoms with Crippen LogP contribution in [0.1, 0.15) is 47.2 Å². The van der Waals surface area contributed by atoms with E-state index in [1.165, 1.54) is 0 Å². The van der Waals surface area contributed by atoms with Crippen LogP contribution >= 0.6 is 0 Å². The second-order valence-corrected chi connectivity index (χ2v) is 1.94. The SMILES string of the molecule is CC.CC.CC.CNc1ccc(C)nc1. The Morgan fingerprint density at radius 1 is 0.933 bits per heavy atom. The molecule has 1 N–H and O–H groups in total. The summed E-state index contributed by atoms with van der Waals surface area (Å²) >= 11 is 0. The van der Waals surface area contributed by atoms with Gasteiger partial charge in [0.1, 0.15) is 0 Å². The normalized spacial score (nSPS) is 6.67. The lowest BCUT2D eigenvalue weighted by Gasteiger charge is -1.96. The number of nitrogens with zero attached hydrogens (tertiary/aromatic N) is 1. The number of hydrogen-bond donors (Lipinski definition) is 1. The van der Waals surface area contributed by atoms with Crippen LogP contribution < -0.4 is 5.32 Å². The summed E-state index contributed by atoms with van der Waals surface area (Å²) in [7, 11) is 1.88. The van der Waals surface area contributed by atoms with Gasteiger partial charge in [0.05, 0.1) is 11.9 Å². The first-order valence-electron chi connectivity index (χ1n) is 5.93. The van der Waals surface area contributed by atoms with Crippen molar-refractivity contribution in [3.05, 3.63) is 24.0 Å². The minimum absolute atomic E-state index is 1.05. The van der Waals surface area contributed by atoms with Gasteiger partial charge in [-0.15, -0.1) is 0 Å². The maximum absolute atomic E-state index is 4.09. The molecule has 1 aromatic heterocycles. The summed E-state index contributed by atoms with van der Waals surface area (Å²) in [5.74, 6) is 0. The van der Waals surface area contributed by atoms with Crippen molar-refractivity contribution < 1.29 is 0 Å². The summed E-state index contributed by atoms with van der Waals surface area (Å²) in [5, 5.41) is 2.99. The zero-order valence-electron chi connectivity index (χ0n) is 11.7. The Balaban J connectivity index is -0.000000208. The zero-order valence-corrected chi connectivity index (χ0v) is 11.7. The molecule has 0 aromatic carbocycles. The summed E-state index contributed by atoms with van der Waals surface area (Å²) in [6, 6.07) is 3.98. The Morgan fingerprint density at radius 3 is 1.67 bits per heavy atom. The molecule has 1 aromatic rings. The lowest BCUT2D eigenvalue weighted by atomic mass is 10.3. The fourth-order valence-corrected chi connectivity index (χ4v) is 0.616. The van der Waals surface area contributed by atoms with Crippen LogP contribution in [0.5, 0.6) is 0 Å². The van der Waals surface area contributed by atoms with E-state index in [9.17, 15) is 0 Å². The van der Waals surface area contributed by atoms with Gasteiger partial charge >= 0.3 is 0 Å². The molecule has 2 nitrogen and oxygen atoms in total. The molecule has 0 aliphatic heterocycles. The molecular weight excluding hydrogens is 184 g/mol. The van der Waals surface area contributed by atoms with E-state index in [4.69, 9.17) is 0 Å². The molecule has 0 amide bonds. The Labute approximate surface area is 96.1 Å². The van der Waals surface area contributed by atoms with Gasteiger partial charge in [-0.05, 0) is 19.1 Å². The van der Waals surface area contributed by atoms with Gasteiger partial charge in [0.25, 0.3) is 0 Å². The first kappa shape index (κ1) is 19.5. The third-order valence-corrected chi connectivity index (χ3v) is 1.20. The molecule has 0 aliphatic rings. The van der Waals surface area contributed by atoms with Gasteiger partial charge in [0, 0.05) is 12.7 Å². The lowest BCUT2D eigenvalue weighted by molar-refractivity contribution is 1.20. The van der Waals surface area contributed by atoms with E-state index < -0.39 is 0 Å². The third-order valence-electron chi connectivity index (χ3n) is 1.20. The van der Waals surface area contributed by atoms with Crippen LogP contribution in [0.25, 0.3) is 0 Å². The lowest BCUT2D eigenvalue weighted by Crippen LogP contribution is -1.88. The van der Waals surface area contributed by atoms with Gasteiger partial charge in [-0.25, -0.2) is 0 Å². The van der Waals surface area contributed by atoms with Crippen LogP contribution in [-0.4, -0.2) is 12.0 Å². The van der Waals surface area contributed by atoms with E-state index in [1.807, 2.05) is 73.8 Å². The average molecular weight is 212 g/mol. The fraction of sp³-hybridized carbons (Fsp3) is 0.615. The summed E-state index contributed by atoms with van der Waals surface area (Å²) in [5.41, 5.74) is 2.11. The minimum Gasteiger partial charge on any atom is -0.387 e. The number of pyridine rings is 1. The standard InChI is InChI=1S/C7H10N2.3C2H6/c1-6-3-4-7(8-2)5-9-6;3*1-2/h3-5,8H,1-2H3;3*1-2H3. The fourth-order valence-electron chi connectivity index (χ4n) is 0.616. The molecule has 1 heterocycles. The summed E-state index contributed by atoms with van der Waals surface area (Å²) < 4.78 is 0. The van der Waals surface area contributed by atoms with Crippen LogP contribution in [0.3, 0.4) is 0 Å².